The van der Waals surface area contributed by atoms with Gasteiger partial charge in [-0.25, -0.2) is 0 Å². The fourth-order valence-corrected chi connectivity index (χ4v) is 0. The molecule has 4 heteroatoms. The molecule has 4 heavy (non-hydrogen) atoms. The van der Waals surface area contributed by atoms with E-state index in [1.807, 2.05) is 0 Å². The van der Waals surface area contributed by atoms with E-state index >= 15 is 0 Å². The van der Waals surface area contributed by atoms with Crippen LogP contribution in [0.1, 0.15) is 0 Å². The molecule has 0 saturated heterocycles. The van der Waals surface area contributed by atoms with Gasteiger partial charge in [0, 0.05) is 0 Å². The van der Waals surface area contributed by atoms with E-state index in [0.29, 0.717) is 0 Å². The second-order valence-electron chi connectivity index (χ2n) is 0. The SMILES string of the molecule is [Cu+2].[O-2].[O-2].[Zr+4]. The van der Waals surface area contributed by atoms with E-state index in [2.05, 4.69) is 0 Å². The van der Waals surface area contributed by atoms with Crippen LogP contribution in [0.2, 0.25) is 0 Å². The summed E-state index contributed by atoms with van der Waals surface area (Å²) in [7, 11) is 0. The van der Waals surface area contributed by atoms with Crippen molar-refractivity contribution in [2.45, 2.75) is 0 Å². The van der Waals surface area contributed by atoms with E-state index < -0.39 is 0 Å². The van der Waals surface area contributed by atoms with Gasteiger partial charge < -0.3 is 11.0 Å². The molecule has 0 saturated carbocycles. The number of hydrogen-bond donors (Lipinski definition) is 0. The molecule has 0 amide bonds. The summed E-state index contributed by atoms with van der Waals surface area (Å²) >= 11 is 0. The largest absolute Gasteiger partial charge is 4.00 e. The van der Waals surface area contributed by atoms with Gasteiger partial charge in [0.05, 0.1) is 0 Å². The molecule has 0 aliphatic carbocycles. The molecule has 0 atom stereocenters. The van der Waals surface area contributed by atoms with Gasteiger partial charge in [0.15, 0.2) is 0 Å². The Morgan fingerprint density at radius 1 is 0.750 bits per heavy atom. The van der Waals surface area contributed by atoms with Gasteiger partial charge in [-0.3, -0.25) is 0 Å². The van der Waals surface area contributed by atoms with Gasteiger partial charge in [0.2, 0.25) is 0 Å². The molecule has 25 valence electrons. The summed E-state index contributed by atoms with van der Waals surface area (Å²) in [5, 5.41) is 0. The van der Waals surface area contributed by atoms with Crippen LogP contribution in [0.5, 0.6) is 0 Å². The van der Waals surface area contributed by atoms with Crippen molar-refractivity contribution < 1.29 is 54.2 Å². The average Bonchev–Trinajstić information content (AvgIpc) is 0. The first-order valence-electron chi connectivity index (χ1n) is 0. The van der Waals surface area contributed by atoms with Gasteiger partial charge in [0.1, 0.15) is 0 Å². The molecule has 0 spiro atoms. The van der Waals surface area contributed by atoms with Crippen LogP contribution in [-0.2, 0) is 54.2 Å². The zero-order valence-corrected chi connectivity index (χ0v) is 5.02. The summed E-state index contributed by atoms with van der Waals surface area (Å²) in [6.07, 6.45) is 0. The topological polar surface area (TPSA) is 57.0 Å². The molecule has 0 N–H and O–H groups in total. The third kappa shape index (κ3) is 10.2. The maximum atomic E-state index is 0. The Balaban J connectivity index is 0. The summed E-state index contributed by atoms with van der Waals surface area (Å²) < 4.78 is 0. The Kier molecular flexibility index (Phi) is 388. The number of hydrogen-bond acceptors (Lipinski definition) is 0. The van der Waals surface area contributed by atoms with Crippen molar-refractivity contribution in [3.63, 3.8) is 0 Å². The molecule has 0 aromatic carbocycles. The third-order valence-electron chi connectivity index (χ3n) is 0. The zero-order valence-electron chi connectivity index (χ0n) is 1.62. The van der Waals surface area contributed by atoms with Crippen LogP contribution in [0.25, 0.3) is 0 Å². The van der Waals surface area contributed by atoms with E-state index in [1.165, 1.54) is 0 Å². The average molecular weight is 187 g/mol. The van der Waals surface area contributed by atoms with Crippen molar-refractivity contribution in [1.29, 1.82) is 0 Å². The van der Waals surface area contributed by atoms with Gasteiger partial charge in [-0.15, -0.1) is 0 Å². The van der Waals surface area contributed by atoms with E-state index in [4.69, 9.17) is 0 Å². The summed E-state index contributed by atoms with van der Waals surface area (Å²) in [4.78, 5) is 0. The quantitative estimate of drug-likeness (QED) is 0.469. The van der Waals surface area contributed by atoms with Crippen molar-refractivity contribution in [3.05, 3.63) is 0 Å². The standard InChI is InChI=1S/Cu.2O.Zr/q+2;2*-2;+4. The van der Waals surface area contributed by atoms with Crippen LogP contribution in [0.4, 0.5) is 0 Å². The fourth-order valence-electron chi connectivity index (χ4n) is 0. The van der Waals surface area contributed by atoms with Crippen LogP contribution >= 0.6 is 0 Å². The van der Waals surface area contributed by atoms with Crippen molar-refractivity contribution in [1.82, 2.24) is 0 Å². The van der Waals surface area contributed by atoms with E-state index in [0.717, 1.165) is 0 Å². The second-order valence-corrected chi connectivity index (χ2v) is 0. The van der Waals surface area contributed by atoms with Gasteiger partial charge >= 0.3 is 43.3 Å². The Bertz CT molecular complexity index is 6.00. The summed E-state index contributed by atoms with van der Waals surface area (Å²) in [5.41, 5.74) is 0. The number of rotatable bonds is 0. The Labute approximate surface area is 54.2 Å². The van der Waals surface area contributed by atoms with Crippen molar-refractivity contribution in [2.75, 3.05) is 0 Å². The first kappa shape index (κ1) is 56.9. The van der Waals surface area contributed by atoms with Gasteiger partial charge in [-0.2, -0.15) is 0 Å². The molecule has 2 nitrogen and oxygen atoms in total. The molecular weight excluding hydrogens is 187 g/mol. The van der Waals surface area contributed by atoms with Crippen LogP contribution in [0.3, 0.4) is 0 Å². The summed E-state index contributed by atoms with van der Waals surface area (Å²) in [5.74, 6) is 0. The zero-order chi connectivity index (χ0) is 0. The van der Waals surface area contributed by atoms with E-state index in [1.54, 1.807) is 0 Å². The minimum Gasteiger partial charge on any atom is -2.00 e. The molecule has 0 bridgehead atoms. The van der Waals surface area contributed by atoms with Crippen molar-refractivity contribution >= 4 is 0 Å². The van der Waals surface area contributed by atoms with Gasteiger partial charge in [-0.1, -0.05) is 0 Å². The minimum absolute atomic E-state index is 0. The molecule has 0 aliphatic heterocycles. The van der Waals surface area contributed by atoms with Crippen LogP contribution in [-0.4, -0.2) is 0 Å². The molecule has 1 radical (unpaired) electrons. The summed E-state index contributed by atoms with van der Waals surface area (Å²) in [6.45, 7) is 0. The Morgan fingerprint density at radius 2 is 0.750 bits per heavy atom. The molecule has 0 heterocycles. The van der Waals surface area contributed by atoms with E-state index in [-0.39, 0.29) is 54.2 Å². The molecule has 0 fully saturated rings. The second kappa shape index (κ2) is 27.3. The van der Waals surface area contributed by atoms with Crippen LogP contribution in [0, 0.1) is 0 Å². The predicted molar refractivity (Wildman–Crippen MR) is 1.37 cm³/mol. The fraction of sp³-hybridized carbons (Fsp3) is 0. The maximum Gasteiger partial charge on any atom is 4.00 e. The third-order valence-corrected chi connectivity index (χ3v) is 0. The van der Waals surface area contributed by atoms with Crippen LogP contribution < -0.4 is 0 Å². The molecule has 0 aromatic rings. The molecular formula is CuO2Zr+2. The van der Waals surface area contributed by atoms with Gasteiger partial charge in [0.25, 0.3) is 0 Å². The van der Waals surface area contributed by atoms with Crippen molar-refractivity contribution in [2.24, 2.45) is 0 Å². The normalized spacial score (nSPS) is 0. The molecule has 0 unspecified atom stereocenters. The summed E-state index contributed by atoms with van der Waals surface area (Å²) in [6, 6.07) is 0. The monoisotopic (exact) mass is 185 g/mol. The van der Waals surface area contributed by atoms with Crippen LogP contribution in [0.15, 0.2) is 0 Å². The Hall–Kier alpha value is 1.32. The molecule has 0 rings (SSSR count). The first-order chi connectivity index (χ1) is 0. The van der Waals surface area contributed by atoms with E-state index in [9.17, 15) is 0 Å². The maximum absolute atomic E-state index is 0. The minimum atomic E-state index is 0. The Morgan fingerprint density at radius 3 is 0.750 bits per heavy atom. The molecule has 0 aliphatic rings. The van der Waals surface area contributed by atoms with Crippen molar-refractivity contribution in [3.8, 4) is 0 Å². The predicted octanol–water partition coefficient (Wildman–Crippen LogP) is -0.243. The smallest absolute Gasteiger partial charge is 2.00 e. The molecule has 0 aromatic heterocycles. The first-order valence-corrected chi connectivity index (χ1v) is 0. The van der Waals surface area contributed by atoms with Gasteiger partial charge in [-0.05, 0) is 0 Å².